The number of amides is 1. The van der Waals surface area contributed by atoms with Gasteiger partial charge in [0, 0.05) is 16.3 Å². The summed E-state index contributed by atoms with van der Waals surface area (Å²) in [6.07, 6.45) is 1.50. The van der Waals surface area contributed by atoms with Crippen LogP contribution in [0.5, 0.6) is 0 Å². The van der Waals surface area contributed by atoms with Gasteiger partial charge >= 0.3 is 5.97 Å². The van der Waals surface area contributed by atoms with Gasteiger partial charge in [-0.3, -0.25) is 4.79 Å². The van der Waals surface area contributed by atoms with E-state index in [1.165, 1.54) is 29.2 Å². The number of thiophene rings is 1. The Morgan fingerprint density at radius 1 is 1.27 bits per heavy atom. The highest BCUT2D eigenvalue weighted by atomic mass is 32.2. The van der Waals surface area contributed by atoms with Gasteiger partial charge < -0.3 is 15.4 Å². The summed E-state index contributed by atoms with van der Waals surface area (Å²) in [6.45, 7) is 9.33. The van der Waals surface area contributed by atoms with Crippen LogP contribution in [0.2, 0.25) is 0 Å². The standard InChI is InChI=1S/C25H25N3O3S2/c1-5-11-31-25(30)21-17(4)27-24(18(13-26)22(21)19-10-7-12-32-19)33-14-20(29)28-23-15(2)8-6-9-16(23)3/h5-10,12,22,27H,1,11,14H2,2-4H3,(H,28,29)/t22-/m1/s1. The van der Waals surface area contributed by atoms with Crippen molar-refractivity contribution >= 4 is 40.7 Å². The Morgan fingerprint density at radius 2 is 2.00 bits per heavy atom. The molecule has 33 heavy (non-hydrogen) atoms. The SMILES string of the molecule is C=CCOC(=O)C1=C(C)NC(SCC(=O)Nc2c(C)cccc2C)=C(C#N)[C@@H]1c1cccs1. The molecule has 2 aromatic rings. The summed E-state index contributed by atoms with van der Waals surface area (Å²) < 4.78 is 5.29. The monoisotopic (exact) mass is 479 g/mol. The van der Waals surface area contributed by atoms with Crippen molar-refractivity contribution in [3.8, 4) is 6.07 Å². The smallest absolute Gasteiger partial charge is 0.337 e. The van der Waals surface area contributed by atoms with Crippen molar-refractivity contribution in [2.24, 2.45) is 0 Å². The van der Waals surface area contributed by atoms with Gasteiger partial charge in [0.1, 0.15) is 6.61 Å². The Balaban J connectivity index is 1.85. The summed E-state index contributed by atoms with van der Waals surface area (Å²) in [4.78, 5) is 26.3. The third-order valence-electron chi connectivity index (χ3n) is 5.12. The largest absolute Gasteiger partial charge is 0.458 e. The second kappa shape index (κ2) is 11.0. The molecule has 3 rings (SSSR count). The fourth-order valence-electron chi connectivity index (χ4n) is 3.57. The summed E-state index contributed by atoms with van der Waals surface area (Å²) in [5.74, 6) is -1.11. The van der Waals surface area contributed by atoms with E-state index >= 15 is 0 Å². The van der Waals surface area contributed by atoms with Crippen molar-refractivity contribution in [2.45, 2.75) is 26.7 Å². The van der Waals surface area contributed by atoms with Crippen LogP contribution in [0.4, 0.5) is 5.69 Å². The number of anilines is 1. The molecule has 1 atom stereocenters. The van der Waals surface area contributed by atoms with Crippen LogP contribution in [0.15, 0.2) is 70.2 Å². The number of rotatable bonds is 8. The number of allylic oxidation sites excluding steroid dienone is 2. The van der Waals surface area contributed by atoms with Crippen molar-refractivity contribution < 1.29 is 14.3 Å². The molecule has 6 nitrogen and oxygen atoms in total. The van der Waals surface area contributed by atoms with Gasteiger partial charge in [-0.15, -0.1) is 11.3 Å². The highest BCUT2D eigenvalue weighted by Gasteiger charge is 2.36. The highest BCUT2D eigenvalue weighted by Crippen LogP contribution is 2.42. The molecule has 0 spiro atoms. The van der Waals surface area contributed by atoms with Crippen LogP contribution in [0.1, 0.15) is 28.8 Å². The quantitative estimate of drug-likeness (QED) is 0.401. The van der Waals surface area contributed by atoms with Crippen molar-refractivity contribution in [1.29, 1.82) is 5.26 Å². The minimum absolute atomic E-state index is 0.0818. The number of aryl methyl sites for hydroxylation is 2. The zero-order valence-electron chi connectivity index (χ0n) is 18.7. The molecule has 1 aliphatic rings. The topological polar surface area (TPSA) is 91.2 Å². The van der Waals surface area contributed by atoms with Crippen molar-refractivity contribution in [3.05, 3.63) is 86.2 Å². The molecule has 0 fully saturated rings. The van der Waals surface area contributed by atoms with E-state index in [9.17, 15) is 14.9 Å². The minimum Gasteiger partial charge on any atom is -0.458 e. The Morgan fingerprint density at radius 3 is 2.61 bits per heavy atom. The third-order valence-corrected chi connectivity index (χ3v) is 7.07. The van der Waals surface area contributed by atoms with Crippen LogP contribution in [-0.2, 0) is 14.3 Å². The second-order valence-electron chi connectivity index (χ2n) is 7.46. The van der Waals surface area contributed by atoms with Crippen LogP contribution in [0.25, 0.3) is 0 Å². The first-order valence-corrected chi connectivity index (χ1v) is 12.2. The maximum Gasteiger partial charge on any atom is 0.337 e. The number of dihydropyridines is 1. The number of para-hydroxylation sites is 1. The average Bonchev–Trinajstić information content (AvgIpc) is 3.32. The number of hydrogen-bond acceptors (Lipinski definition) is 7. The molecule has 1 aliphatic heterocycles. The molecule has 0 unspecified atom stereocenters. The average molecular weight is 480 g/mol. The van der Waals surface area contributed by atoms with Crippen LogP contribution < -0.4 is 10.6 Å². The molecule has 1 aromatic heterocycles. The van der Waals surface area contributed by atoms with E-state index in [1.54, 1.807) is 6.92 Å². The zero-order valence-corrected chi connectivity index (χ0v) is 20.4. The summed E-state index contributed by atoms with van der Waals surface area (Å²) in [5.41, 5.74) is 4.15. The fraction of sp³-hybridized carbons (Fsp3) is 0.240. The summed E-state index contributed by atoms with van der Waals surface area (Å²) in [7, 11) is 0. The number of carbonyl (C=O) groups excluding carboxylic acids is 2. The van der Waals surface area contributed by atoms with Crippen LogP contribution in [0.3, 0.4) is 0 Å². The Hall–Kier alpha value is -3.28. The molecule has 170 valence electrons. The van der Waals surface area contributed by atoms with Gasteiger partial charge in [-0.1, -0.05) is 48.7 Å². The molecule has 2 heterocycles. The van der Waals surface area contributed by atoms with Crippen molar-refractivity contribution in [3.63, 3.8) is 0 Å². The Labute approximate surface area is 202 Å². The molecular formula is C25H25N3O3S2. The second-order valence-corrected chi connectivity index (χ2v) is 9.42. The first kappa shape index (κ1) is 24.4. The number of nitrogens with one attached hydrogen (secondary N) is 2. The molecule has 1 aromatic carbocycles. The van der Waals surface area contributed by atoms with Gasteiger partial charge in [0.25, 0.3) is 0 Å². The first-order chi connectivity index (χ1) is 15.9. The molecular weight excluding hydrogens is 454 g/mol. The maximum atomic E-state index is 12.8. The predicted octanol–water partition coefficient (Wildman–Crippen LogP) is 5.16. The van der Waals surface area contributed by atoms with E-state index in [1.807, 2.05) is 49.6 Å². The molecule has 8 heteroatoms. The van der Waals surface area contributed by atoms with Gasteiger partial charge in [0.05, 0.1) is 33.9 Å². The summed E-state index contributed by atoms with van der Waals surface area (Å²) in [5, 5.41) is 18.6. The lowest BCUT2D eigenvalue weighted by Crippen LogP contribution is -2.29. The first-order valence-electron chi connectivity index (χ1n) is 10.3. The van der Waals surface area contributed by atoms with Crippen molar-refractivity contribution in [2.75, 3.05) is 17.7 Å². The van der Waals surface area contributed by atoms with Crippen molar-refractivity contribution in [1.82, 2.24) is 5.32 Å². The number of thioether (sulfide) groups is 1. The van der Waals surface area contributed by atoms with E-state index in [0.29, 0.717) is 21.9 Å². The summed E-state index contributed by atoms with van der Waals surface area (Å²) >= 11 is 2.70. The molecule has 0 bridgehead atoms. The predicted molar refractivity (Wildman–Crippen MR) is 134 cm³/mol. The Kier molecular flexibility index (Phi) is 8.15. The zero-order chi connectivity index (χ0) is 24.0. The molecule has 0 radical (unpaired) electrons. The lowest BCUT2D eigenvalue weighted by molar-refractivity contribution is -0.138. The van der Waals surface area contributed by atoms with Gasteiger partial charge in [0.2, 0.25) is 5.91 Å². The van der Waals surface area contributed by atoms with Gasteiger partial charge in [-0.05, 0) is 43.3 Å². The highest BCUT2D eigenvalue weighted by molar-refractivity contribution is 8.03. The van der Waals surface area contributed by atoms with Gasteiger partial charge in [-0.2, -0.15) is 5.26 Å². The molecule has 0 saturated carbocycles. The summed E-state index contributed by atoms with van der Waals surface area (Å²) in [6, 6.07) is 11.9. The molecule has 0 aliphatic carbocycles. The van der Waals surface area contributed by atoms with Gasteiger partial charge in [-0.25, -0.2) is 4.79 Å². The number of carbonyl (C=O) groups is 2. The van der Waals surface area contributed by atoms with Crippen LogP contribution >= 0.6 is 23.1 Å². The van der Waals surface area contributed by atoms with Gasteiger partial charge in [0.15, 0.2) is 0 Å². The van der Waals surface area contributed by atoms with E-state index in [0.717, 1.165) is 21.7 Å². The molecule has 1 amide bonds. The number of ether oxygens (including phenoxy) is 1. The maximum absolute atomic E-state index is 12.8. The van der Waals surface area contributed by atoms with Crippen LogP contribution in [-0.4, -0.2) is 24.2 Å². The number of benzene rings is 1. The fourth-order valence-corrected chi connectivity index (χ4v) is 5.31. The molecule has 2 N–H and O–H groups in total. The lowest BCUT2D eigenvalue weighted by Gasteiger charge is -2.28. The van der Waals surface area contributed by atoms with E-state index in [-0.39, 0.29) is 18.3 Å². The normalized spacial score (nSPS) is 15.5. The lowest BCUT2D eigenvalue weighted by atomic mass is 9.87. The van der Waals surface area contributed by atoms with E-state index in [2.05, 4.69) is 23.3 Å². The van der Waals surface area contributed by atoms with E-state index in [4.69, 9.17) is 4.74 Å². The third kappa shape index (κ3) is 5.56. The van der Waals surface area contributed by atoms with E-state index < -0.39 is 11.9 Å². The Bertz CT molecular complexity index is 1150. The number of nitrogens with zero attached hydrogens (tertiary/aromatic N) is 1. The molecule has 0 saturated heterocycles. The van der Waals surface area contributed by atoms with Crippen LogP contribution in [0, 0.1) is 25.2 Å². The number of nitriles is 1. The number of esters is 1. The number of hydrogen-bond donors (Lipinski definition) is 2. The minimum atomic E-state index is -0.558.